The van der Waals surface area contributed by atoms with Gasteiger partial charge in [-0.05, 0) is 44.4 Å². The molecule has 142 valence electrons. The quantitative estimate of drug-likeness (QED) is 0.658. The van der Waals surface area contributed by atoms with Crippen molar-refractivity contribution in [1.82, 2.24) is 10.6 Å². The van der Waals surface area contributed by atoms with Crippen molar-refractivity contribution in [2.45, 2.75) is 51.7 Å². The number of rotatable bonds is 8. The monoisotopic (exact) mass is 361 g/mol. The first-order valence-electron chi connectivity index (χ1n) is 9.09. The van der Waals surface area contributed by atoms with Gasteiger partial charge in [-0.2, -0.15) is 0 Å². The Balaban J connectivity index is 1.81. The van der Waals surface area contributed by atoms with Gasteiger partial charge in [-0.3, -0.25) is 14.4 Å². The lowest BCUT2D eigenvalue weighted by Crippen LogP contribution is -2.35. The Labute approximate surface area is 153 Å². The van der Waals surface area contributed by atoms with E-state index in [1.54, 1.807) is 24.3 Å². The van der Waals surface area contributed by atoms with Crippen LogP contribution in [0.4, 0.5) is 5.69 Å². The number of nitrogens with one attached hydrogen (secondary N) is 3. The smallest absolute Gasteiger partial charge is 0.253 e. The lowest BCUT2D eigenvalue weighted by atomic mass is 10.1. The van der Waals surface area contributed by atoms with Crippen molar-refractivity contribution in [1.29, 1.82) is 0 Å². The minimum Gasteiger partial charge on any atom is -0.368 e. The molecule has 3 amide bonds. The molecule has 1 aliphatic rings. The first-order valence-corrected chi connectivity index (χ1v) is 9.09. The van der Waals surface area contributed by atoms with Gasteiger partial charge in [0, 0.05) is 36.9 Å². The van der Waals surface area contributed by atoms with E-state index < -0.39 is 6.10 Å². The molecule has 26 heavy (non-hydrogen) atoms. The van der Waals surface area contributed by atoms with E-state index in [4.69, 9.17) is 4.74 Å². The molecule has 7 nitrogen and oxygen atoms in total. The molecule has 7 heteroatoms. The number of carbonyl (C=O) groups is 3. The maximum absolute atomic E-state index is 12.2. The van der Waals surface area contributed by atoms with Crippen molar-refractivity contribution in [3.63, 3.8) is 0 Å². The number of amides is 3. The topological polar surface area (TPSA) is 96.5 Å². The second-order valence-corrected chi connectivity index (χ2v) is 6.45. The second-order valence-electron chi connectivity index (χ2n) is 6.45. The lowest BCUT2D eigenvalue weighted by molar-refractivity contribution is -0.124. The van der Waals surface area contributed by atoms with Crippen LogP contribution in [0.15, 0.2) is 24.3 Å². The van der Waals surface area contributed by atoms with Crippen molar-refractivity contribution in [2.75, 3.05) is 18.5 Å². The van der Waals surface area contributed by atoms with Gasteiger partial charge in [0.1, 0.15) is 6.10 Å². The summed E-state index contributed by atoms with van der Waals surface area (Å²) in [7, 11) is 0. The molecule has 0 spiro atoms. The molecule has 0 saturated carbocycles. The highest BCUT2D eigenvalue weighted by Gasteiger charge is 2.23. The van der Waals surface area contributed by atoms with Crippen molar-refractivity contribution in [3.8, 4) is 0 Å². The Morgan fingerprint density at radius 2 is 2.12 bits per heavy atom. The van der Waals surface area contributed by atoms with Crippen LogP contribution in [0.1, 0.15) is 49.9 Å². The van der Waals surface area contributed by atoms with Gasteiger partial charge in [0.05, 0.1) is 0 Å². The summed E-state index contributed by atoms with van der Waals surface area (Å²) in [5.74, 6) is -0.562. The molecule has 0 radical (unpaired) electrons. The average molecular weight is 361 g/mol. The minimum absolute atomic E-state index is 0.0859. The zero-order valence-electron chi connectivity index (χ0n) is 15.3. The van der Waals surface area contributed by atoms with Gasteiger partial charge in [0.15, 0.2) is 0 Å². The normalized spacial score (nSPS) is 17.4. The number of ether oxygens (including phenoxy) is 1. The minimum atomic E-state index is -0.420. The Kier molecular flexibility index (Phi) is 7.59. The van der Waals surface area contributed by atoms with Crippen molar-refractivity contribution in [3.05, 3.63) is 29.8 Å². The van der Waals surface area contributed by atoms with Gasteiger partial charge in [0.25, 0.3) is 11.8 Å². The molecule has 0 bridgehead atoms. The number of anilines is 1. The van der Waals surface area contributed by atoms with Crippen molar-refractivity contribution in [2.24, 2.45) is 0 Å². The Bertz CT molecular complexity index is 641. The third kappa shape index (κ3) is 6.15. The van der Waals surface area contributed by atoms with Crippen LogP contribution in [0, 0.1) is 0 Å². The molecule has 1 aromatic rings. The molecule has 3 N–H and O–H groups in total. The molecular formula is C19H27N3O4. The predicted octanol–water partition coefficient (Wildman–Crippen LogP) is 1.84. The van der Waals surface area contributed by atoms with Crippen molar-refractivity contribution >= 4 is 23.4 Å². The summed E-state index contributed by atoms with van der Waals surface area (Å²) in [6.07, 6.45) is 2.26. The van der Waals surface area contributed by atoms with Gasteiger partial charge in [-0.15, -0.1) is 0 Å². The largest absolute Gasteiger partial charge is 0.368 e. The molecular weight excluding hydrogens is 334 g/mol. The molecule has 1 aromatic carbocycles. The molecule has 2 unspecified atom stereocenters. The molecule has 1 aliphatic heterocycles. The molecule has 0 aliphatic carbocycles. The molecule has 1 saturated heterocycles. The molecule has 2 rings (SSSR count). The summed E-state index contributed by atoms with van der Waals surface area (Å²) < 4.78 is 5.35. The number of benzene rings is 1. The summed E-state index contributed by atoms with van der Waals surface area (Å²) in [5, 5.41) is 8.34. The van der Waals surface area contributed by atoms with Gasteiger partial charge in [-0.1, -0.05) is 13.0 Å². The fourth-order valence-electron chi connectivity index (χ4n) is 2.59. The van der Waals surface area contributed by atoms with Crippen LogP contribution in [0.3, 0.4) is 0 Å². The van der Waals surface area contributed by atoms with Gasteiger partial charge >= 0.3 is 0 Å². The van der Waals surface area contributed by atoms with Crippen LogP contribution < -0.4 is 16.0 Å². The van der Waals surface area contributed by atoms with Gasteiger partial charge in [0.2, 0.25) is 5.91 Å². The maximum Gasteiger partial charge on any atom is 0.253 e. The van der Waals surface area contributed by atoms with Crippen LogP contribution in [-0.2, 0) is 14.3 Å². The Morgan fingerprint density at radius 3 is 2.81 bits per heavy atom. The Morgan fingerprint density at radius 1 is 1.31 bits per heavy atom. The standard InChI is InChI=1S/C19H27N3O4/c1-3-13(2)21-17(23)9-10-20-18(24)14-6-4-7-15(12-14)22-19(25)16-8-5-11-26-16/h4,6-7,12-13,16H,3,5,8-11H2,1-2H3,(H,20,24)(H,21,23)(H,22,25). The van der Waals surface area contributed by atoms with E-state index in [9.17, 15) is 14.4 Å². The average Bonchev–Trinajstić information content (AvgIpc) is 3.16. The van der Waals surface area contributed by atoms with E-state index in [0.717, 1.165) is 12.8 Å². The summed E-state index contributed by atoms with van der Waals surface area (Å²) >= 11 is 0. The van der Waals surface area contributed by atoms with Crippen LogP contribution in [0.25, 0.3) is 0 Å². The summed E-state index contributed by atoms with van der Waals surface area (Å²) in [5.41, 5.74) is 0.977. The first-order chi connectivity index (χ1) is 12.5. The SMILES string of the molecule is CCC(C)NC(=O)CCNC(=O)c1cccc(NC(=O)C2CCCO2)c1. The number of hydrogen-bond donors (Lipinski definition) is 3. The van der Waals surface area contributed by atoms with Crippen LogP contribution in [0.2, 0.25) is 0 Å². The molecule has 0 aromatic heterocycles. The van der Waals surface area contributed by atoms with Crippen LogP contribution in [0.5, 0.6) is 0 Å². The third-order valence-electron chi connectivity index (χ3n) is 4.27. The Hall–Kier alpha value is -2.41. The van der Waals surface area contributed by atoms with E-state index in [0.29, 0.717) is 24.3 Å². The number of carbonyl (C=O) groups excluding carboxylic acids is 3. The summed E-state index contributed by atoms with van der Waals surface area (Å²) in [6, 6.07) is 6.83. The highest BCUT2D eigenvalue weighted by atomic mass is 16.5. The first kappa shape index (κ1) is 19.9. The number of hydrogen-bond acceptors (Lipinski definition) is 4. The zero-order chi connectivity index (χ0) is 18.9. The molecule has 2 atom stereocenters. The predicted molar refractivity (Wildman–Crippen MR) is 98.9 cm³/mol. The lowest BCUT2D eigenvalue weighted by Gasteiger charge is -2.12. The molecule has 1 fully saturated rings. The maximum atomic E-state index is 12.2. The highest BCUT2D eigenvalue weighted by Crippen LogP contribution is 2.16. The van der Waals surface area contributed by atoms with E-state index in [1.807, 2.05) is 13.8 Å². The molecule has 1 heterocycles. The third-order valence-corrected chi connectivity index (χ3v) is 4.27. The van der Waals surface area contributed by atoms with E-state index in [1.165, 1.54) is 0 Å². The summed E-state index contributed by atoms with van der Waals surface area (Å²) in [6.45, 7) is 4.79. The zero-order valence-corrected chi connectivity index (χ0v) is 15.3. The van der Waals surface area contributed by atoms with Gasteiger partial charge < -0.3 is 20.7 Å². The second kappa shape index (κ2) is 9.91. The highest BCUT2D eigenvalue weighted by molar-refractivity contribution is 5.98. The van der Waals surface area contributed by atoms with Crippen LogP contribution in [-0.4, -0.2) is 43.0 Å². The fraction of sp³-hybridized carbons (Fsp3) is 0.526. The van der Waals surface area contributed by atoms with E-state index in [2.05, 4.69) is 16.0 Å². The fourth-order valence-corrected chi connectivity index (χ4v) is 2.59. The van der Waals surface area contributed by atoms with E-state index >= 15 is 0 Å². The van der Waals surface area contributed by atoms with Gasteiger partial charge in [-0.25, -0.2) is 0 Å². The van der Waals surface area contributed by atoms with Crippen molar-refractivity contribution < 1.29 is 19.1 Å². The summed E-state index contributed by atoms with van der Waals surface area (Å²) in [4.78, 5) is 36.0. The van der Waals surface area contributed by atoms with E-state index in [-0.39, 0.29) is 36.7 Å². The van der Waals surface area contributed by atoms with Crippen LogP contribution >= 0.6 is 0 Å².